The zero-order valence-electron chi connectivity index (χ0n) is 19.2. The average molecular weight is 530 g/mol. The lowest BCUT2D eigenvalue weighted by atomic mass is 9.98. The molecule has 6 heteroatoms. The molecule has 0 spiro atoms. The molecule has 5 nitrogen and oxygen atoms in total. The Balaban J connectivity index is 1.46. The molecule has 0 saturated carbocycles. The van der Waals surface area contributed by atoms with Crippen LogP contribution in [-0.2, 0) is 6.54 Å². The van der Waals surface area contributed by atoms with E-state index < -0.39 is 6.16 Å². The van der Waals surface area contributed by atoms with Crippen LogP contribution in [0.4, 0.5) is 4.79 Å². The maximum absolute atomic E-state index is 11.5. The summed E-state index contributed by atoms with van der Waals surface area (Å²) in [6, 6.07) is 28.3. The first kappa shape index (κ1) is 23.0. The molecule has 0 unspecified atom stereocenters. The fraction of sp³-hybridized carbons (Fsp3) is 0.138. The zero-order valence-corrected chi connectivity index (χ0v) is 20.8. The Morgan fingerprint density at radius 3 is 2.46 bits per heavy atom. The van der Waals surface area contributed by atoms with Crippen LogP contribution in [0.2, 0.25) is 0 Å². The summed E-state index contributed by atoms with van der Waals surface area (Å²) in [6.07, 6.45) is -0.677. The van der Waals surface area contributed by atoms with Crippen LogP contribution in [0, 0.1) is 6.92 Å². The molecule has 0 saturated heterocycles. The normalized spacial score (nSPS) is 11.1. The summed E-state index contributed by atoms with van der Waals surface area (Å²) in [7, 11) is 0. The Morgan fingerprint density at radius 1 is 0.914 bits per heavy atom. The topological polar surface area (TPSA) is 60.7 Å². The van der Waals surface area contributed by atoms with Crippen molar-refractivity contribution in [1.29, 1.82) is 0 Å². The number of halogens is 1. The van der Waals surface area contributed by atoms with Crippen LogP contribution in [0.1, 0.15) is 12.0 Å². The standard InChI is InChI=1S/C29H24BrNO4/c1-19-9-2-4-12-21(19)23-14-7-15-24-26(23)27(30)28(35-29(32)33)31(24)17-8-18-34-25-16-6-11-20-10-3-5-13-22(20)25/h2-7,9-16H,8,17-18H2,1H3,(H,32,33). The van der Waals surface area contributed by atoms with E-state index in [1.165, 1.54) is 0 Å². The molecule has 0 bridgehead atoms. The molecular weight excluding hydrogens is 506 g/mol. The SMILES string of the molecule is Cc1ccccc1-c1cccc2c1c(Br)c(OC(=O)O)n2CCCOc1cccc2ccccc12. The Kier molecular flexibility index (Phi) is 6.47. The number of carboxylic acid groups (broad SMARTS) is 1. The van der Waals surface area contributed by atoms with E-state index >= 15 is 0 Å². The fourth-order valence-corrected chi connectivity index (χ4v) is 5.27. The van der Waals surface area contributed by atoms with Gasteiger partial charge in [-0.3, -0.25) is 0 Å². The van der Waals surface area contributed by atoms with E-state index in [1.807, 2.05) is 65.2 Å². The lowest BCUT2D eigenvalue weighted by Crippen LogP contribution is -2.10. The molecule has 0 aliphatic carbocycles. The number of rotatable bonds is 7. The molecule has 0 atom stereocenters. The Morgan fingerprint density at radius 2 is 1.63 bits per heavy atom. The van der Waals surface area contributed by atoms with E-state index in [1.54, 1.807) is 0 Å². The van der Waals surface area contributed by atoms with Gasteiger partial charge in [0, 0.05) is 17.3 Å². The predicted octanol–water partition coefficient (Wildman–Crippen LogP) is 8.06. The third kappa shape index (κ3) is 4.49. The van der Waals surface area contributed by atoms with Crippen LogP contribution in [0.3, 0.4) is 0 Å². The number of aryl methyl sites for hydroxylation is 2. The molecule has 0 radical (unpaired) electrons. The molecule has 176 valence electrons. The first-order valence-electron chi connectivity index (χ1n) is 11.4. The van der Waals surface area contributed by atoms with Gasteiger partial charge in [-0.2, -0.15) is 0 Å². The van der Waals surface area contributed by atoms with Crippen molar-refractivity contribution >= 4 is 43.8 Å². The molecule has 0 aliphatic rings. The van der Waals surface area contributed by atoms with Gasteiger partial charge >= 0.3 is 6.16 Å². The molecule has 5 aromatic rings. The third-order valence-corrected chi connectivity index (χ3v) is 6.87. The minimum absolute atomic E-state index is 0.277. The van der Waals surface area contributed by atoms with Gasteiger partial charge in [-0.25, -0.2) is 4.79 Å². The molecule has 4 aromatic carbocycles. The van der Waals surface area contributed by atoms with Gasteiger partial charge < -0.3 is 19.1 Å². The molecule has 0 aliphatic heterocycles. The molecule has 1 aromatic heterocycles. The van der Waals surface area contributed by atoms with Crippen molar-refractivity contribution in [2.45, 2.75) is 19.9 Å². The molecule has 5 rings (SSSR count). The molecule has 0 fully saturated rings. The number of hydrogen-bond acceptors (Lipinski definition) is 3. The first-order valence-corrected chi connectivity index (χ1v) is 12.2. The van der Waals surface area contributed by atoms with Crippen molar-refractivity contribution < 1.29 is 19.4 Å². The van der Waals surface area contributed by atoms with Gasteiger partial charge in [0.25, 0.3) is 0 Å². The second-order valence-electron chi connectivity index (χ2n) is 8.33. The van der Waals surface area contributed by atoms with Crippen LogP contribution in [0.25, 0.3) is 32.8 Å². The number of fused-ring (bicyclic) bond motifs is 2. The van der Waals surface area contributed by atoms with Gasteiger partial charge in [0.1, 0.15) is 5.75 Å². The quantitative estimate of drug-likeness (QED) is 0.171. The maximum atomic E-state index is 11.5. The van der Waals surface area contributed by atoms with Crippen molar-refractivity contribution in [3.05, 3.63) is 95.0 Å². The number of nitrogens with zero attached hydrogens (tertiary/aromatic N) is 1. The highest BCUT2D eigenvalue weighted by Gasteiger charge is 2.22. The minimum atomic E-state index is -1.35. The zero-order chi connectivity index (χ0) is 24.4. The number of hydrogen-bond donors (Lipinski definition) is 1. The van der Waals surface area contributed by atoms with Gasteiger partial charge in [0.15, 0.2) is 0 Å². The number of ether oxygens (including phenoxy) is 2. The minimum Gasteiger partial charge on any atom is -0.493 e. The second kappa shape index (κ2) is 9.84. The fourth-order valence-electron chi connectivity index (χ4n) is 4.56. The van der Waals surface area contributed by atoms with Crippen molar-refractivity contribution in [1.82, 2.24) is 4.57 Å². The highest BCUT2D eigenvalue weighted by Crippen LogP contribution is 2.43. The van der Waals surface area contributed by atoms with Crippen LogP contribution < -0.4 is 9.47 Å². The smallest absolute Gasteiger partial charge is 0.493 e. The summed E-state index contributed by atoms with van der Waals surface area (Å²) in [6.45, 7) is 3.08. The van der Waals surface area contributed by atoms with E-state index in [0.29, 0.717) is 24.0 Å². The third-order valence-electron chi connectivity index (χ3n) is 6.14. The Labute approximate surface area is 211 Å². The summed E-state index contributed by atoms with van der Waals surface area (Å²) in [4.78, 5) is 11.5. The molecule has 0 amide bonds. The number of benzene rings is 4. The Bertz CT molecular complexity index is 1530. The molecule has 1 N–H and O–H groups in total. The van der Waals surface area contributed by atoms with E-state index in [4.69, 9.17) is 9.47 Å². The predicted molar refractivity (Wildman–Crippen MR) is 143 cm³/mol. The van der Waals surface area contributed by atoms with Gasteiger partial charge in [-0.15, -0.1) is 0 Å². The van der Waals surface area contributed by atoms with Crippen molar-refractivity contribution in [3.8, 4) is 22.8 Å². The van der Waals surface area contributed by atoms with E-state index in [9.17, 15) is 9.90 Å². The summed E-state index contributed by atoms with van der Waals surface area (Å²) in [5.74, 6) is 1.11. The van der Waals surface area contributed by atoms with E-state index in [0.717, 1.165) is 44.1 Å². The molecule has 35 heavy (non-hydrogen) atoms. The average Bonchev–Trinajstić information content (AvgIpc) is 3.12. The monoisotopic (exact) mass is 529 g/mol. The van der Waals surface area contributed by atoms with Gasteiger partial charge in [0.05, 0.1) is 16.6 Å². The van der Waals surface area contributed by atoms with Crippen molar-refractivity contribution in [2.24, 2.45) is 0 Å². The van der Waals surface area contributed by atoms with E-state index in [2.05, 4.69) is 47.1 Å². The molecule has 1 heterocycles. The van der Waals surface area contributed by atoms with E-state index in [-0.39, 0.29) is 5.88 Å². The van der Waals surface area contributed by atoms with Crippen molar-refractivity contribution in [3.63, 3.8) is 0 Å². The summed E-state index contributed by atoms with van der Waals surface area (Å²) in [5, 5.41) is 12.5. The maximum Gasteiger partial charge on any atom is 0.512 e. The van der Waals surface area contributed by atoms with Crippen molar-refractivity contribution in [2.75, 3.05) is 6.61 Å². The van der Waals surface area contributed by atoms with Gasteiger partial charge in [0.2, 0.25) is 5.88 Å². The Hall–Kier alpha value is -3.77. The number of aromatic nitrogens is 1. The number of carbonyl (C=O) groups is 1. The van der Waals surface area contributed by atoms with Crippen LogP contribution in [0.5, 0.6) is 11.6 Å². The van der Waals surface area contributed by atoms with Crippen LogP contribution >= 0.6 is 15.9 Å². The first-order chi connectivity index (χ1) is 17.0. The molecular formula is C29H24BrNO4. The largest absolute Gasteiger partial charge is 0.512 e. The van der Waals surface area contributed by atoms with Gasteiger partial charge in [-0.1, -0.05) is 72.8 Å². The van der Waals surface area contributed by atoms with Crippen LogP contribution in [-0.4, -0.2) is 22.4 Å². The lowest BCUT2D eigenvalue weighted by molar-refractivity contribution is 0.140. The summed E-state index contributed by atoms with van der Waals surface area (Å²) in [5.41, 5.74) is 4.16. The summed E-state index contributed by atoms with van der Waals surface area (Å²) >= 11 is 3.64. The van der Waals surface area contributed by atoms with Gasteiger partial charge in [-0.05, 0) is 63.5 Å². The summed E-state index contributed by atoms with van der Waals surface area (Å²) < 4.78 is 13.9. The van der Waals surface area contributed by atoms with Crippen LogP contribution in [0.15, 0.2) is 89.4 Å². The lowest BCUT2D eigenvalue weighted by Gasteiger charge is -2.12. The highest BCUT2D eigenvalue weighted by atomic mass is 79.9. The highest BCUT2D eigenvalue weighted by molar-refractivity contribution is 9.10. The second-order valence-corrected chi connectivity index (χ2v) is 9.13.